The van der Waals surface area contributed by atoms with Crippen molar-refractivity contribution in [3.8, 4) is 5.75 Å². The molecular formula is C23H27N5O2. The molecule has 3 aromatic rings. The number of hydrogen-bond acceptors (Lipinski definition) is 5. The molecule has 1 aliphatic rings. The van der Waals surface area contributed by atoms with Gasteiger partial charge in [-0.25, -0.2) is 0 Å². The van der Waals surface area contributed by atoms with Gasteiger partial charge >= 0.3 is 0 Å². The fourth-order valence-corrected chi connectivity index (χ4v) is 3.80. The van der Waals surface area contributed by atoms with Gasteiger partial charge in [0.25, 0.3) is 5.91 Å². The van der Waals surface area contributed by atoms with Crippen LogP contribution < -0.4 is 9.64 Å². The summed E-state index contributed by atoms with van der Waals surface area (Å²) in [6, 6.07) is 18.4. The van der Waals surface area contributed by atoms with Gasteiger partial charge in [0.05, 0.1) is 19.0 Å². The van der Waals surface area contributed by atoms with Crippen molar-refractivity contribution in [1.29, 1.82) is 0 Å². The molecule has 0 radical (unpaired) electrons. The molecule has 1 fully saturated rings. The lowest BCUT2D eigenvalue weighted by Crippen LogP contribution is -2.49. The van der Waals surface area contributed by atoms with Crippen LogP contribution in [0.4, 0.5) is 5.69 Å². The predicted octanol–water partition coefficient (Wildman–Crippen LogP) is 2.88. The summed E-state index contributed by atoms with van der Waals surface area (Å²) < 4.78 is 7.23. The monoisotopic (exact) mass is 405 g/mol. The third kappa shape index (κ3) is 4.62. The number of nitrogens with zero attached hydrogens (tertiary/aromatic N) is 5. The summed E-state index contributed by atoms with van der Waals surface area (Å²) >= 11 is 0. The van der Waals surface area contributed by atoms with Crippen molar-refractivity contribution in [2.24, 2.45) is 0 Å². The second-order valence-electron chi connectivity index (χ2n) is 7.41. The van der Waals surface area contributed by atoms with Crippen molar-refractivity contribution < 1.29 is 9.53 Å². The molecule has 0 aliphatic carbocycles. The molecule has 2 heterocycles. The first-order valence-corrected chi connectivity index (χ1v) is 10.4. The quantitative estimate of drug-likeness (QED) is 0.605. The Kier molecular flexibility index (Phi) is 6.27. The van der Waals surface area contributed by atoms with E-state index < -0.39 is 0 Å². The van der Waals surface area contributed by atoms with E-state index in [1.54, 1.807) is 18.0 Å². The Labute approximate surface area is 176 Å². The average Bonchev–Trinajstić information content (AvgIpc) is 3.28. The van der Waals surface area contributed by atoms with Crippen molar-refractivity contribution >= 4 is 11.6 Å². The first-order valence-electron chi connectivity index (χ1n) is 10.4. The number of para-hydroxylation sites is 2. The van der Waals surface area contributed by atoms with Gasteiger partial charge in [0.15, 0.2) is 5.69 Å². The molecule has 30 heavy (non-hydrogen) atoms. The van der Waals surface area contributed by atoms with Crippen LogP contribution in [0.2, 0.25) is 0 Å². The Morgan fingerprint density at radius 1 is 1.00 bits per heavy atom. The minimum Gasteiger partial charge on any atom is -0.495 e. The van der Waals surface area contributed by atoms with Gasteiger partial charge in [-0.3, -0.25) is 9.48 Å². The molecule has 0 spiro atoms. The molecule has 0 atom stereocenters. The van der Waals surface area contributed by atoms with E-state index in [0.717, 1.165) is 43.9 Å². The predicted molar refractivity (Wildman–Crippen MR) is 116 cm³/mol. The number of ether oxygens (including phenoxy) is 1. The van der Waals surface area contributed by atoms with E-state index in [0.29, 0.717) is 18.8 Å². The van der Waals surface area contributed by atoms with Gasteiger partial charge in [0.2, 0.25) is 0 Å². The van der Waals surface area contributed by atoms with E-state index in [2.05, 4.69) is 45.5 Å². The minimum atomic E-state index is -0.0519. The Balaban J connectivity index is 1.29. The zero-order valence-electron chi connectivity index (χ0n) is 17.3. The highest BCUT2D eigenvalue weighted by Gasteiger charge is 2.25. The summed E-state index contributed by atoms with van der Waals surface area (Å²) in [5.74, 6) is 0.805. The van der Waals surface area contributed by atoms with Crippen molar-refractivity contribution in [3.05, 3.63) is 72.1 Å². The molecule has 156 valence electrons. The summed E-state index contributed by atoms with van der Waals surface area (Å²) in [6.07, 6.45) is 3.70. The molecule has 1 amide bonds. The fourth-order valence-electron chi connectivity index (χ4n) is 3.80. The zero-order chi connectivity index (χ0) is 20.8. The molecule has 1 aliphatic heterocycles. The molecule has 7 nitrogen and oxygen atoms in total. The highest BCUT2D eigenvalue weighted by molar-refractivity contribution is 5.92. The maximum absolute atomic E-state index is 12.8. The van der Waals surface area contributed by atoms with E-state index in [9.17, 15) is 4.79 Å². The lowest BCUT2D eigenvalue weighted by Gasteiger charge is -2.36. The first kappa shape index (κ1) is 19.9. The Hall–Kier alpha value is -3.35. The van der Waals surface area contributed by atoms with Crippen molar-refractivity contribution in [1.82, 2.24) is 19.9 Å². The molecule has 4 rings (SSSR count). The van der Waals surface area contributed by atoms with Gasteiger partial charge in [-0.1, -0.05) is 47.7 Å². The largest absolute Gasteiger partial charge is 0.495 e. The average molecular weight is 406 g/mol. The summed E-state index contributed by atoms with van der Waals surface area (Å²) in [6.45, 7) is 3.57. The number of aryl methyl sites for hydroxylation is 2. The Morgan fingerprint density at radius 2 is 1.73 bits per heavy atom. The van der Waals surface area contributed by atoms with Crippen LogP contribution in [0.25, 0.3) is 0 Å². The number of benzene rings is 2. The highest BCUT2D eigenvalue weighted by Crippen LogP contribution is 2.28. The molecule has 0 N–H and O–H groups in total. The topological polar surface area (TPSA) is 63.5 Å². The molecule has 2 aromatic carbocycles. The lowest BCUT2D eigenvalue weighted by atomic mass is 10.1. The Morgan fingerprint density at radius 3 is 2.50 bits per heavy atom. The van der Waals surface area contributed by atoms with Crippen LogP contribution in [-0.2, 0) is 13.0 Å². The number of piperazine rings is 1. The fraction of sp³-hybridized carbons (Fsp3) is 0.348. The van der Waals surface area contributed by atoms with Crippen molar-refractivity contribution in [2.75, 3.05) is 38.2 Å². The molecule has 1 aromatic heterocycles. The van der Waals surface area contributed by atoms with E-state index in [4.69, 9.17) is 4.74 Å². The van der Waals surface area contributed by atoms with Gasteiger partial charge < -0.3 is 14.5 Å². The number of rotatable bonds is 7. The lowest BCUT2D eigenvalue weighted by molar-refractivity contribution is 0.0740. The number of methoxy groups -OCH3 is 1. The van der Waals surface area contributed by atoms with E-state index >= 15 is 0 Å². The van der Waals surface area contributed by atoms with Crippen molar-refractivity contribution in [3.63, 3.8) is 0 Å². The second-order valence-corrected chi connectivity index (χ2v) is 7.41. The molecular weight excluding hydrogens is 378 g/mol. The number of anilines is 1. The van der Waals surface area contributed by atoms with Gasteiger partial charge in [0, 0.05) is 32.7 Å². The number of carbonyl (C=O) groups excluding carboxylic acids is 1. The molecule has 1 saturated heterocycles. The van der Waals surface area contributed by atoms with Crippen LogP contribution in [-0.4, -0.2) is 59.1 Å². The van der Waals surface area contributed by atoms with E-state index in [1.807, 2.05) is 29.2 Å². The van der Waals surface area contributed by atoms with Crippen LogP contribution in [0.1, 0.15) is 22.5 Å². The number of amides is 1. The van der Waals surface area contributed by atoms with Gasteiger partial charge in [-0.2, -0.15) is 0 Å². The SMILES string of the molecule is COc1ccccc1N1CCN(C(=O)c2cn(CCCc3ccccc3)nn2)CC1. The minimum absolute atomic E-state index is 0.0519. The van der Waals surface area contributed by atoms with Crippen LogP contribution >= 0.6 is 0 Å². The summed E-state index contributed by atoms with van der Waals surface area (Å²) in [5.41, 5.74) is 2.79. The second kappa shape index (κ2) is 9.43. The Bertz CT molecular complexity index is 964. The van der Waals surface area contributed by atoms with Crippen LogP contribution in [0.5, 0.6) is 5.75 Å². The molecule has 0 unspecified atom stereocenters. The van der Waals surface area contributed by atoms with E-state index in [1.165, 1.54) is 5.56 Å². The molecule has 0 saturated carbocycles. The summed E-state index contributed by atoms with van der Waals surface area (Å²) in [7, 11) is 1.68. The number of aromatic nitrogens is 3. The van der Waals surface area contributed by atoms with Crippen LogP contribution in [0.3, 0.4) is 0 Å². The standard InChI is InChI=1S/C23H27N5O2/c1-30-22-12-6-5-11-21(22)26-14-16-27(17-15-26)23(29)20-18-28(25-24-20)13-7-10-19-8-3-2-4-9-19/h2-6,8-9,11-12,18H,7,10,13-17H2,1H3. The number of carbonyl (C=O) groups is 1. The van der Waals surface area contributed by atoms with Crippen LogP contribution in [0.15, 0.2) is 60.8 Å². The maximum atomic E-state index is 12.8. The first-order chi connectivity index (χ1) is 14.7. The van der Waals surface area contributed by atoms with Crippen LogP contribution in [0, 0.1) is 0 Å². The van der Waals surface area contributed by atoms with Crippen molar-refractivity contribution in [2.45, 2.75) is 19.4 Å². The normalized spacial score (nSPS) is 14.0. The third-order valence-electron chi connectivity index (χ3n) is 5.45. The van der Waals surface area contributed by atoms with Gasteiger partial charge in [-0.05, 0) is 30.5 Å². The third-order valence-corrected chi connectivity index (χ3v) is 5.45. The summed E-state index contributed by atoms with van der Waals surface area (Å²) in [5, 5.41) is 8.25. The van der Waals surface area contributed by atoms with Gasteiger partial charge in [-0.15, -0.1) is 5.10 Å². The van der Waals surface area contributed by atoms with Gasteiger partial charge in [0.1, 0.15) is 5.75 Å². The maximum Gasteiger partial charge on any atom is 0.276 e. The smallest absolute Gasteiger partial charge is 0.276 e. The zero-order valence-corrected chi connectivity index (χ0v) is 17.3. The highest BCUT2D eigenvalue weighted by atomic mass is 16.5. The number of hydrogen-bond donors (Lipinski definition) is 0. The molecule has 0 bridgehead atoms. The summed E-state index contributed by atoms with van der Waals surface area (Å²) in [4.78, 5) is 16.9. The molecule has 7 heteroatoms. The van der Waals surface area contributed by atoms with E-state index in [-0.39, 0.29) is 5.91 Å².